The summed E-state index contributed by atoms with van der Waals surface area (Å²) in [6, 6.07) is 15.9. The molecule has 0 radical (unpaired) electrons. The van der Waals surface area contributed by atoms with E-state index in [0.717, 1.165) is 5.56 Å². The molecule has 3 aromatic rings. The monoisotopic (exact) mass is 328 g/mol. The summed E-state index contributed by atoms with van der Waals surface area (Å²) in [5, 5.41) is 18.0. The number of hydrogen-bond donors (Lipinski definition) is 0. The molecule has 0 saturated heterocycles. The Morgan fingerprint density at radius 1 is 1.16 bits per heavy atom. The van der Waals surface area contributed by atoms with E-state index in [1.807, 2.05) is 25.1 Å². The van der Waals surface area contributed by atoms with Crippen LogP contribution in [0.15, 0.2) is 59.0 Å². The summed E-state index contributed by atoms with van der Waals surface area (Å²) in [6.45, 7) is 1.87. The summed E-state index contributed by atoms with van der Waals surface area (Å²) in [6.07, 6.45) is 2.76. The Morgan fingerprint density at radius 2 is 1.88 bits per heavy atom. The van der Waals surface area contributed by atoms with Gasteiger partial charge in [-0.2, -0.15) is 15.5 Å². The summed E-state index contributed by atoms with van der Waals surface area (Å²) >= 11 is 0. The van der Waals surface area contributed by atoms with Crippen molar-refractivity contribution in [3.8, 4) is 23.8 Å². The number of fused-ring (bicyclic) bond motifs is 1. The quantitative estimate of drug-likeness (QED) is 0.688. The molecule has 0 saturated carbocycles. The number of allylic oxidation sites excluding steroid dienone is 1. The lowest BCUT2D eigenvalue weighted by Crippen LogP contribution is -2.18. The number of pyridine rings is 1. The minimum absolute atomic E-state index is 0.0463. The first-order chi connectivity index (χ1) is 12.1. The van der Waals surface area contributed by atoms with E-state index in [0.29, 0.717) is 11.4 Å². The molecule has 3 rings (SSSR count). The van der Waals surface area contributed by atoms with E-state index in [2.05, 4.69) is 4.98 Å². The molecule has 0 spiro atoms. The Hall–Kier alpha value is -3.90. The normalized spacial score (nSPS) is 9.88. The lowest BCUT2D eigenvalue weighted by atomic mass is 10.2. The summed E-state index contributed by atoms with van der Waals surface area (Å²) in [7, 11) is 0. The highest BCUT2D eigenvalue weighted by Gasteiger charge is 2.15. The molecule has 25 heavy (non-hydrogen) atoms. The van der Waals surface area contributed by atoms with Gasteiger partial charge in [0, 0.05) is 6.20 Å². The fourth-order valence-corrected chi connectivity index (χ4v) is 2.29. The van der Waals surface area contributed by atoms with Crippen molar-refractivity contribution in [2.75, 3.05) is 0 Å². The van der Waals surface area contributed by atoms with Crippen LogP contribution in [-0.4, -0.2) is 9.38 Å². The van der Waals surface area contributed by atoms with Crippen molar-refractivity contribution in [1.82, 2.24) is 9.38 Å². The number of nitriles is 2. The zero-order valence-electron chi connectivity index (χ0n) is 13.3. The number of aromatic nitrogens is 2. The van der Waals surface area contributed by atoms with Gasteiger partial charge in [-0.1, -0.05) is 24.3 Å². The molecule has 1 aromatic carbocycles. The third-order valence-corrected chi connectivity index (χ3v) is 3.56. The Bertz CT molecular complexity index is 1110. The Kier molecular flexibility index (Phi) is 4.28. The molecule has 120 valence electrons. The van der Waals surface area contributed by atoms with E-state index in [9.17, 15) is 4.79 Å². The molecule has 2 heterocycles. The smallest absolute Gasteiger partial charge is 0.269 e. The molecular weight excluding hydrogens is 316 g/mol. The average molecular weight is 328 g/mol. The summed E-state index contributed by atoms with van der Waals surface area (Å²) in [5.74, 6) is 0.591. The number of rotatable bonds is 3. The highest BCUT2D eigenvalue weighted by atomic mass is 16.5. The second-order valence-corrected chi connectivity index (χ2v) is 5.21. The molecule has 6 nitrogen and oxygen atoms in total. The van der Waals surface area contributed by atoms with Crippen molar-refractivity contribution in [3.05, 3.63) is 75.7 Å². The van der Waals surface area contributed by atoms with Crippen molar-refractivity contribution in [2.24, 2.45) is 0 Å². The number of aryl methyl sites for hydroxylation is 1. The van der Waals surface area contributed by atoms with Crippen LogP contribution in [0.2, 0.25) is 0 Å². The second kappa shape index (κ2) is 6.69. The minimum atomic E-state index is -0.419. The average Bonchev–Trinajstić information content (AvgIpc) is 2.63. The molecule has 0 bridgehead atoms. The van der Waals surface area contributed by atoms with E-state index >= 15 is 0 Å². The number of benzene rings is 1. The first kappa shape index (κ1) is 16.0. The highest BCUT2D eigenvalue weighted by molar-refractivity contribution is 5.66. The molecule has 0 fully saturated rings. The highest BCUT2D eigenvalue weighted by Crippen LogP contribution is 2.26. The van der Waals surface area contributed by atoms with Crippen molar-refractivity contribution >= 4 is 11.7 Å². The van der Waals surface area contributed by atoms with Crippen molar-refractivity contribution < 1.29 is 4.74 Å². The van der Waals surface area contributed by atoms with Gasteiger partial charge in [-0.25, -0.2) is 0 Å². The first-order valence-electron chi connectivity index (χ1n) is 7.41. The van der Waals surface area contributed by atoms with E-state index in [1.165, 1.54) is 10.5 Å². The van der Waals surface area contributed by atoms with Crippen molar-refractivity contribution in [2.45, 2.75) is 6.92 Å². The van der Waals surface area contributed by atoms with Crippen molar-refractivity contribution in [1.29, 1.82) is 10.5 Å². The van der Waals surface area contributed by atoms with E-state index in [4.69, 9.17) is 15.3 Å². The molecule has 0 aliphatic heterocycles. The van der Waals surface area contributed by atoms with Gasteiger partial charge < -0.3 is 4.74 Å². The Labute approximate surface area is 143 Å². The zero-order chi connectivity index (χ0) is 17.8. The van der Waals surface area contributed by atoms with E-state index in [1.54, 1.807) is 42.6 Å². The Balaban J connectivity index is 2.28. The maximum atomic E-state index is 12.8. The van der Waals surface area contributed by atoms with Crippen LogP contribution < -0.4 is 10.3 Å². The summed E-state index contributed by atoms with van der Waals surface area (Å²) in [4.78, 5) is 17.1. The number of hydrogen-bond acceptors (Lipinski definition) is 5. The molecule has 0 amide bonds. The third-order valence-electron chi connectivity index (χ3n) is 3.56. The fraction of sp³-hybridized carbons (Fsp3) is 0.0526. The van der Waals surface area contributed by atoms with Gasteiger partial charge in [-0.05, 0) is 36.8 Å². The lowest BCUT2D eigenvalue weighted by Gasteiger charge is -2.11. The van der Waals surface area contributed by atoms with Gasteiger partial charge >= 0.3 is 0 Å². The number of ether oxygens (including phenoxy) is 1. The van der Waals surface area contributed by atoms with Crippen LogP contribution in [0.3, 0.4) is 0 Å². The lowest BCUT2D eigenvalue weighted by molar-refractivity contribution is 0.457. The minimum Gasteiger partial charge on any atom is -0.438 e. The Morgan fingerprint density at radius 3 is 2.60 bits per heavy atom. The summed E-state index contributed by atoms with van der Waals surface area (Å²) < 4.78 is 7.17. The van der Waals surface area contributed by atoms with Crippen LogP contribution in [0.25, 0.3) is 11.7 Å². The van der Waals surface area contributed by atoms with Crippen LogP contribution in [0.1, 0.15) is 11.1 Å². The predicted molar refractivity (Wildman–Crippen MR) is 91.9 cm³/mol. The fourth-order valence-electron chi connectivity index (χ4n) is 2.29. The molecule has 0 N–H and O–H groups in total. The predicted octanol–water partition coefficient (Wildman–Crippen LogP) is 3.23. The SMILES string of the molecule is Cc1ccccc1Oc1nc2ccccn2c(=O)c1C=C(C#N)C#N. The van der Waals surface area contributed by atoms with E-state index in [-0.39, 0.29) is 17.0 Å². The molecule has 2 aromatic heterocycles. The third kappa shape index (κ3) is 3.10. The largest absolute Gasteiger partial charge is 0.438 e. The van der Waals surface area contributed by atoms with E-state index < -0.39 is 5.56 Å². The molecular formula is C19H12N4O2. The van der Waals surface area contributed by atoms with Gasteiger partial charge in [0.15, 0.2) is 0 Å². The molecule has 0 atom stereocenters. The van der Waals surface area contributed by atoms with Crippen LogP contribution in [0, 0.1) is 29.6 Å². The molecule has 6 heteroatoms. The maximum Gasteiger partial charge on any atom is 0.269 e. The number of para-hydroxylation sites is 1. The molecule has 0 unspecified atom stereocenters. The topological polar surface area (TPSA) is 91.2 Å². The van der Waals surface area contributed by atoms with Gasteiger partial charge in [-0.3, -0.25) is 9.20 Å². The van der Waals surface area contributed by atoms with Gasteiger partial charge in [0.2, 0.25) is 5.88 Å². The van der Waals surface area contributed by atoms with Gasteiger partial charge in [0.05, 0.1) is 0 Å². The maximum absolute atomic E-state index is 12.8. The number of nitrogens with zero attached hydrogens (tertiary/aromatic N) is 4. The molecule has 0 aliphatic rings. The second-order valence-electron chi connectivity index (χ2n) is 5.21. The van der Waals surface area contributed by atoms with Crippen LogP contribution in [-0.2, 0) is 0 Å². The first-order valence-corrected chi connectivity index (χ1v) is 7.41. The summed E-state index contributed by atoms with van der Waals surface area (Å²) in [5.41, 5.74) is 0.698. The van der Waals surface area contributed by atoms with Gasteiger partial charge in [-0.15, -0.1) is 0 Å². The van der Waals surface area contributed by atoms with Crippen LogP contribution >= 0.6 is 0 Å². The van der Waals surface area contributed by atoms with Crippen LogP contribution in [0.4, 0.5) is 0 Å². The van der Waals surface area contributed by atoms with Crippen molar-refractivity contribution in [3.63, 3.8) is 0 Å². The molecule has 0 aliphatic carbocycles. The van der Waals surface area contributed by atoms with Gasteiger partial charge in [0.25, 0.3) is 5.56 Å². The van der Waals surface area contributed by atoms with Crippen LogP contribution in [0.5, 0.6) is 11.6 Å². The van der Waals surface area contributed by atoms with Gasteiger partial charge in [0.1, 0.15) is 34.7 Å². The standard InChI is InChI=1S/C19H12N4O2/c1-13-6-2-3-7-16(13)25-18-15(10-14(11-20)12-21)19(24)23-9-5-4-8-17(23)22-18/h2-10H,1H3. The zero-order valence-corrected chi connectivity index (χ0v) is 13.3.